The number of hydrogen-bond donors (Lipinski definition) is 1. The Bertz CT molecular complexity index is 438. The lowest BCUT2D eigenvalue weighted by Crippen LogP contribution is -2.44. The molecule has 1 amide bonds. The van der Waals surface area contributed by atoms with E-state index in [1.807, 2.05) is 6.92 Å². The van der Waals surface area contributed by atoms with Gasteiger partial charge in [0, 0.05) is 32.2 Å². The number of carbonyl (C=O) groups is 1. The summed E-state index contributed by atoms with van der Waals surface area (Å²) in [7, 11) is -3.13. The summed E-state index contributed by atoms with van der Waals surface area (Å²) in [4.78, 5) is 12.1. The van der Waals surface area contributed by atoms with E-state index >= 15 is 0 Å². The summed E-state index contributed by atoms with van der Waals surface area (Å²) in [6.07, 6.45) is 4.08. The third-order valence-corrected chi connectivity index (χ3v) is 6.28. The number of hydrogen-bond acceptors (Lipinski definition) is 4. The molecule has 0 aromatic heterocycles. The SMILES string of the molecule is CCCS(=O)(=O)N1CCC(C(=O)NC[C@H]2CCCO2)CC1. The van der Waals surface area contributed by atoms with Gasteiger partial charge >= 0.3 is 0 Å². The van der Waals surface area contributed by atoms with Crippen molar-refractivity contribution in [1.29, 1.82) is 0 Å². The highest BCUT2D eigenvalue weighted by Gasteiger charge is 2.30. The number of ether oxygens (including phenoxy) is 1. The second-order valence-corrected chi connectivity index (χ2v) is 7.96. The largest absolute Gasteiger partial charge is 0.376 e. The molecule has 2 fully saturated rings. The van der Waals surface area contributed by atoms with Crippen LogP contribution in [0.15, 0.2) is 0 Å². The predicted molar refractivity (Wildman–Crippen MR) is 80.4 cm³/mol. The van der Waals surface area contributed by atoms with Crippen molar-refractivity contribution in [1.82, 2.24) is 9.62 Å². The first kappa shape index (κ1) is 16.7. The number of nitrogens with zero attached hydrogens (tertiary/aromatic N) is 1. The standard InChI is InChI=1S/C14H26N2O4S/c1-2-10-21(18,19)16-7-5-12(6-8-16)14(17)15-11-13-4-3-9-20-13/h12-13H,2-11H2,1H3,(H,15,17)/t13-/m1/s1. The lowest BCUT2D eigenvalue weighted by molar-refractivity contribution is -0.126. The van der Waals surface area contributed by atoms with Crippen molar-refractivity contribution in [3.8, 4) is 0 Å². The van der Waals surface area contributed by atoms with E-state index in [0.717, 1.165) is 19.4 Å². The number of sulfonamides is 1. The van der Waals surface area contributed by atoms with Gasteiger partial charge in [-0.15, -0.1) is 0 Å². The summed E-state index contributed by atoms with van der Waals surface area (Å²) in [5, 5.41) is 2.94. The van der Waals surface area contributed by atoms with Gasteiger partial charge in [-0.1, -0.05) is 6.92 Å². The third kappa shape index (κ3) is 4.66. The van der Waals surface area contributed by atoms with Gasteiger partial charge in [-0.3, -0.25) is 4.79 Å². The van der Waals surface area contributed by atoms with E-state index < -0.39 is 10.0 Å². The van der Waals surface area contributed by atoms with Gasteiger partial charge in [0.25, 0.3) is 0 Å². The van der Waals surface area contributed by atoms with Crippen LogP contribution in [0.1, 0.15) is 39.0 Å². The van der Waals surface area contributed by atoms with E-state index in [0.29, 0.717) is 38.9 Å². The summed E-state index contributed by atoms with van der Waals surface area (Å²) < 4.78 is 30.9. The van der Waals surface area contributed by atoms with E-state index in [9.17, 15) is 13.2 Å². The van der Waals surface area contributed by atoms with Crippen molar-refractivity contribution in [2.45, 2.75) is 45.1 Å². The Labute approximate surface area is 127 Å². The number of amides is 1. The summed E-state index contributed by atoms with van der Waals surface area (Å²) in [5.74, 6) is 0.167. The van der Waals surface area contributed by atoms with E-state index in [1.165, 1.54) is 4.31 Å². The summed E-state index contributed by atoms with van der Waals surface area (Å²) in [5.41, 5.74) is 0. The van der Waals surface area contributed by atoms with E-state index in [4.69, 9.17) is 4.74 Å². The molecule has 122 valence electrons. The summed E-state index contributed by atoms with van der Waals surface area (Å²) in [6, 6.07) is 0. The predicted octanol–water partition coefficient (Wildman–Crippen LogP) is 0.733. The van der Waals surface area contributed by atoms with Crippen LogP contribution in [-0.4, -0.2) is 56.7 Å². The zero-order valence-electron chi connectivity index (χ0n) is 12.7. The molecule has 2 heterocycles. The number of nitrogens with one attached hydrogen (secondary N) is 1. The first-order valence-corrected chi connectivity index (χ1v) is 9.51. The molecule has 21 heavy (non-hydrogen) atoms. The van der Waals surface area contributed by atoms with E-state index in [1.54, 1.807) is 0 Å². The van der Waals surface area contributed by atoms with Crippen LogP contribution in [0, 0.1) is 5.92 Å². The highest BCUT2D eigenvalue weighted by molar-refractivity contribution is 7.89. The average molecular weight is 318 g/mol. The minimum absolute atomic E-state index is 0.0399. The van der Waals surface area contributed by atoms with Crippen molar-refractivity contribution in [2.24, 2.45) is 5.92 Å². The molecule has 0 aromatic carbocycles. The van der Waals surface area contributed by atoms with Gasteiger partial charge < -0.3 is 10.1 Å². The first-order chi connectivity index (χ1) is 10.0. The molecule has 7 heteroatoms. The van der Waals surface area contributed by atoms with Crippen LogP contribution < -0.4 is 5.32 Å². The van der Waals surface area contributed by atoms with Crippen LogP contribution >= 0.6 is 0 Å². The second kappa shape index (κ2) is 7.56. The topological polar surface area (TPSA) is 75.7 Å². The first-order valence-electron chi connectivity index (χ1n) is 7.90. The van der Waals surface area contributed by atoms with Gasteiger partial charge in [-0.2, -0.15) is 0 Å². The molecule has 2 aliphatic heterocycles. The quantitative estimate of drug-likeness (QED) is 0.783. The highest BCUT2D eigenvalue weighted by atomic mass is 32.2. The maximum Gasteiger partial charge on any atom is 0.223 e. The lowest BCUT2D eigenvalue weighted by atomic mass is 9.97. The van der Waals surface area contributed by atoms with Crippen molar-refractivity contribution < 1.29 is 17.9 Å². The van der Waals surface area contributed by atoms with Crippen LogP contribution in [0.2, 0.25) is 0 Å². The Morgan fingerprint density at radius 2 is 2.00 bits per heavy atom. The second-order valence-electron chi connectivity index (χ2n) is 5.87. The van der Waals surface area contributed by atoms with Crippen molar-refractivity contribution in [3.05, 3.63) is 0 Å². The Hall–Kier alpha value is -0.660. The summed E-state index contributed by atoms with van der Waals surface area (Å²) >= 11 is 0. The minimum Gasteiger partial charge on any atom is -0.376 e. The molecule has 2 aliphatic rings. The molecule has 2 rings (SSSR count). The smallest absolute Gasteiger partial charge is 0.223 e. The average Bonchev–Trinajstić information content (AvgIpc) is 2.98. The van der Waals surface area contributed by atoms with Crippen LogP contribution in [0.4, 0.5) is 0 Å². The van der Waals surface area contributed by atoms with Gasteiger partial charge in [0.1, 0.15) is 0 Å². The van der Waals surface area contributed by atoms with E-state index in [2.05, 4.69) is 5.32 Å². The van der Waals surface area contributed by atoms with Crippen LogP contribution in [0.5, 0.6) is 0 Å². The van der Waals surface area contributed by atoms with Gasteiger partial charge in [-0.25, -0.2) is 12.7 Å². The fourth-order valence-corrected chi connectivity index (χ4v) is 4.49. The molecule has 1 atom stereocenters. The fraction of sp³-hybridized carbons (Fsp3) is 0.929. The van der Waals surface area contributed by atoms with Crippen LogP contribution in [0.25, 0.3) is 0 Å². The Morgan fingerprint density at radius 1 is 1.29 bits per heavy atom. The molecular formula is C14H26N2O4S. The molecule has 0 saturated carbocycles. The molecule has 1 N–H and O–H groups in total. The maximum atomic E-state index is 12.1. The highest BCUT2D eigenvalue weighted by Crippen LogP contribution is 2.20. The Kier molecular flexibility index (Phi) is 6.01. The van der Waals surface area contributed by atoms with Gasteiger partial charge in [0.05, 0.1) is 11.9 Å². The molecule has 0 aromatic rings. The normalized spacial score (nSPS) is 25.1. The van der Waals surface area contributed by atoms with Gasteiger partial charge in [0.2, 0.25) is 15.9 Å². The number of carbonyl (C=O) groups excluding carboxylic acids is 1. The Balaban J connectivity index is 1.73. The molecule has 0 aliphatic carbocycles. The number of piperidine rings is 1. The molecule has 2 saturated heterocycles. The Morgan fingerprint density at radius 3 is 2.57 bits per heavy atom. The van der Waals surface area contributed by atoms with Crippen LogP contribution in [0.3, 0.4) is 0 Å². The van der Waals surface area contributed by atoms with Crippen molar-refractivity contribution in [2.75, 3.05) is 32.0 Å². The van der Waals surface area contributed by atoms with Gasteiger partial charge in [0.15, 0.2) is 0 Å². The maximum absolute atomic E-state index is 12.1. The molecule has 6 nitrogen and oxygen atoms in total. The third-order valence-electron chi connectivity index (χ3n) is 4.21. The molecule has 0 radical (unpaired) electrons. The van der Waals surface area contributed by atoms with Gasteiger partial charge in [-0.05, 0) is 32.1 Å². The zero-order valence-corrected chi connectivity index (χ0v) is 13.5. The van der Waals surface area contributed by atoms with Crippen molar-refractivity contribution >= 4 is 15.9 Å². The molecule has 0 bridgehead atoms. The lowest BCUT2D eigenvalue weighted by Gasteiger charge is -2.30. The number of rotatable bonds is 6. The zero-order chi connectivity index (χ0) is 15.3. The van der Waals surface area contributed by atoms with Crippen molar-refractivity contribution in [3.63, 3.8) is 0 Å². The van der Waals surface area contributed by atoms with Crippen LogP contribution in [-0.2, 0) is 19.6 Å². The summed E-state index contributed by atoms with van der Waals surface area (Å²) in [6.45, 7) is 4.14. The fourth-order valence-electron chi connectivity index (χ4n) is 2.95. The monoisotopic (exact) mass is 318 g/mol. The molecule has 0 spiro atoms. The molecule has 0 unspecified atom stereocenters. The molecular weight excluding hydrogens is 292 g/mol. The minimum atomic E-state index is -3.13. The van der Waals surface area contributed by atoms with E-state index in [-0.39, 0.29) is 23.7 Å².